The van der Waals surface area contributed by atoms with Gasteiger partial charge in [-0.25, -0.2) is 24.5 Å². The fourth-order valence-electron chi connectivity index (χ4n) is 15.9. The number of methoxy groups -OCH3 is 2. The van der Waals surface area contributed by atoms with Gasteiger partial charge in [0.05, 0.1) is 77.8 Å². The normalized spacial score (nSPS) is 13.8. The van der Waals surface area contributed by atoms with Crippen molar-refractivity contribution in [3.8, 4) is 5.75 Å². The smallest absolute Gasteiger partial charge is 0.338 e. The number of piperazine rings is 1. The van der Waals surface area contributed by atoms with Gasteiger partial charge >= 0.3 is 11.7 Å². The van der Waals surface area contributed by atoms with Crippen LogP contribution < -0.4 is 78.7 Å². The molecule has 0 aliphatic carbocycles. The fraction of sp³-hybridized carbons (Fsp3) is 0.192. The number of carbonyl (C=O) groups is 4. The van der Waals surface area contributed by atoms with Crippen molar-refractivity contribution in [2.75, 3.05) is 122 Å². The van der Waals surface area contributed by atoms with Crippen molar-refractivity contribution in [2.24, 2.45) is 14.1 Å². The molecule has 9 aromatic carbocycles. The van der Waals surface area contributed by atoms with Crippen LogP contribution in [0.4, 0.5) is 85.8 Å². The van der Waals surface area contributed by atoms with Crippen LogP contribution in [0.25, 0.3) is 11.0 Å². The van der Waals surface area contributed by atoms with Crippen LogP contribution in [-0.2, 0) is 79.8 Å². The predicted octanol–water partition coefficient (Wildman–Crippen LogP) is 16.5. The van der Waals surface area contributed by atoms with Crippen LogP contribution in [0.3, 0.4) is 0 Å². The molecule has 0 unspecified atom stereocenters. The van der Waals surface area contributed by atoms with E-state index in [-0.39, 0.29) is 29.4 Å². The first-order valence-corrected chi connectivity index (χ1v) is 41.2. The van der Waals surface area contributed by atoms with Gasteiger partial charge in [-0.3, -0.25) is 23.5 Å². The Morgan fingerprint density at radius 1 is 0.500 bits per heavy atom. The molecule has 628 valence electrons. The Balaban J connectivity index is 0.000000116. The molecule has 0 bridgehead atoms. The molecule has 11 N–H and O–H groups in total. The van der Waals surface area contributed by atoms with Crippen LogP contribution in [-0.4, -0.2) is 102 Å². The number of nitrogens with one attached hydrogen (secondary N) is 7. The van der Waals surface area contributed by atoms with Crippen molar-refractivity contribution < 1.29 is 28.7 Å². The second-order valence-corrected chi connectivity index (χ2v) is 31.0. The number of anilines is 15. The van der Waals surface area contributed by atoms with E-state index in [1.165, 1.54) is 40.6 Å². The SMILES string of the molecule is C=C1Cc2cc(Cc3ccc(OC)cc3)ccc2N1.C=C1Cc2ccc(CCCc3ccccc3)nc2N1.C=C1Nc2ccc(C(=O)N3CCc4c(C(=O)OC)cccc43)cc2N1.CN1C(=O)Cc2cc(Nc3ccccc3N)ccc21.Cn1c(=O)n(C)c2cc(Nc3ccccc3N)ccc21.O=C1Cc2ccc(N3CCN(c4ccccn4)CC3)nc2N1. The molecule has 0 saturated carbocycles. The van der Waals surface area contributed by atoms with E-state index in [9.17, 15) is 24.0 Å². The van der Waals surface area contributed by atoms with Gasteiger partial charge in [-0.05, 0) is 199 Å². The number of esters is 1. The van der Waals surface area contributed by atoms with Gasteiger partial charge in [0.2, 0.25) is 11.8 Å². The van der Waals surface area contributed by atoms with Crippen LogP contribution >= 0.6 is 0 Å². The Hall–Kier alpha value is -15.4. The molecule has 3 amide bonds. The molecule has 4 aromatic heterocycles. The highest BCUT2D eigenvalue weighted by atomic mass is 16.5. The number of para-hydroxylation sites is 4. The Kier molecular flexibility index (Phi) is 25.6. The summed E-state index contributed by atoms with van der Waals surface area (Å²) in [5.41, 5.74) is 37.1. The van der Waals surface area contributed by atoms with Gasteiger partial charge in [0.1, 0.15) is 34.8 Å². The molecule has 124 heavy (non-hydrogen) atoms. The maximum atomic E-state index is 13.0. The number of nitrogens with two attached hydrogens (primary N) is 2. The highest BCUT2D eigenvalue weighted by Crippen LogP contribution is 2.38. The quantitative estimate of drug-likeness (QED) is 0.0340. The second-order valence-electron chi connectivity index (χ2n) is 31.0. The average molecular weight is 1650 g/mol. The molecule has 1 fully saturated rings. The van der Waals surface area contributed by atoms with E-state index < -0.39 is 0 Å². The number of fused-ring (bicyclic) bond motifs is 7. The summed E-state index contributed by atoms with van der Waals surface area (Å²) in [5, 5.41) is 22.1. The van der Waals surface area contributed by atoms with E-state index in [4.69, 9.17) is 20.9 Å². The molecule has 25 heteroatoms. The van der Waals surface area contributed by atoms with E-state index in [1.807, 2.05) is 152 Å². The first-order valence-electron chi connectivity index (χ1n) is 41.2. The molecule has 20 rings (SSSR count). The highest BCUT2D eigenvalue weighted by Gasteiger charge is 2.31. The number of allylic oxidation sites excluding steroid dienone is 2. The molecule has 11 heterocycles. The maximum absolute atomic E-state index is 13.0. The molecular weight excluding hydrogens is 1550 g/mol. The molecule has 25 nitrogen and oxygen atoms in total. The van der Waals surface area contributed by atoms with Gasteiger partial charge in [0.25, 0.3) is 5.91 Å². The lowest BCUT2D eigenvalue weighted by Crippen LogP contribution is -2.47. The third-order valence-corrected chi connectivity index (χ3v) is 22.5. The molecule has 0 radical (unpaired) electrons. The van der Waals surface area contributed by atoms with Crippen LogP contribution in [0.5, 0.6) is 5.75 Å². The van der Waals surface area contributed by atoms with Gasteiger partial charge in [0, 0.05) is 135 Å². The first kappa shape index (κ1) is 83.7. The van der Waals surface area contributed by atoms with Crippen LogP contribution in [0.15, 0.2) is 285 Å². The van der Waals surface area contributed by atoms with E-state index in [0.717, 1.165) is 184 Å². The molecule has 0 spiro atoms. The average Bonchev–Trinajstić information content (AvgIpc) is 1.64. The number of likely N-dealkylation sites (N-methyl/N-ethyl adjacent to an activating group) is 1. The maximum Gasteiger partial charge on any atom is 0.338 e. The van der Waals surface area contributed by atoms with Crippen molar-refractivity contribution in [2.45, 2.75) is 57.8 Å². The number of aryl methyl sites for hydroxylation is 4. The fourth-order valence-corrected chi connectivity index (χ4v) is 15.9. The van der Waals surface area contributed by atoms with Crippen molar-refractivity contribution >= 4 is 121 Å². The molecule has 7 aliphatic heterocycles. The number of nitrogens with zero attached hydrogens (tertiary/aromatic N) is 9. The lowest BCUT2D eigenvalue weighted by atomic mass is 10.0. The van der Waals surface area contributed by atoms with Gasteiger partial charge < -0.3 is 77.8 Å². The van der Waals surface area contributed by atoms with Crippen molar-refractivity contribution in [3.05, 3.63) is 352 Å². The molecule has 13 aromatic rings. The number of pyridine rings is 3. The summed E-state index contributed by atoms with van der Waals surface area (Å²) in [4.78, 5) is 81.4. The topological polar surface area (TPSA) is 302 Å². The number of hydrogen-bond donors (Lipinski definition) is 9. The number of rotatable bonds is 15. The third kappa shape index (κ3) is 19.7. The Labute approximate surface area is 720 Å². The summed E-state index contributed by atoms with van der Waals surface area (Å²) in [6.45, 7) is 15.9. The summed E-state index contributed by atoms with van der Waals surface area (Å²) >= 11 is 0. The number of carbonyl (C=O) groups excluding carboxylic acids is 4. The zero-order valence-electron chi connectivity index (χ0n) is 70.2. The molecule has 7 aliphatic rings. The minimum Gasteiger partial charge on any atom is -0.497 e. The number of imidazole rings is 1. The predicted molar refractivity (Wildman–Crippen MR) is 499 cm³/mol. The van der Waals surface area contributed by atoms with Gasteiger partial charge in [-0.1, -0.05) is 123 Å². The van der Waals surface area contributed by atoms with Gasteiger partial charge in [0.15, 0.2) is 0 Å². The number of amides is 3. The Morgan fingerprint density at radius 2 is 1.15 bits per heavy atom. The zero-order valence-corrected chi connectivity index (χ0v) is 70.2. The molecule has 1 saturated heterocycles. The van der Waals surface area contributed by atoms with Crippen molar-refractivity contribution in [3.63, 3.8) is 0 Å². The van der Waals surface area contributed by atoms with Crippen molar-refractivity contribution in [1.29, 1.82) is 0 Å². The summed E-state index contributed by atoms with van der Waals surface area (Å²) < 4.78 is 13.3. The lowest BCUT2D eigenvalue weighted by Gasteiger charge is -2.36. The number of benzene rings is 9. The Bertz CT molecular complexity index is 6260. The lowest BCUT2D eigenvalue weighted by molar-refractivity contribution is -0.117. The number of ether oxygens (including phenoxy) is 2. The van der Waals surface area contributed by atoms with Crippen LogP contribution in [0.2, 0.25) is 0 Å². The summed E-state index contributed by atoms with van der Waals surface area (Å²) in [5.74, 6) is 4.95. The largest absolute Gasteiger partial charge is 0.497 e. The minimum absolute atomic E-state index is 0.0274. The summed E-state index contributed by atoms with van der Waals surface area (Å²) in [7, 11) is 8.39. The minimum atomic E-state index is -0.377. The number of aromatic nitrogens is 5. The first-order chi connectivity index (χ1) is 60.1. The second kappa shape index (κ2) is 37.9. The van der Waals surface area contributed by atoms with E-state index >= 15 is 0 Å². The molecular formula is C99H100N18O7. The van der Waals surface area contributed by atoms with Crippen LogP contribution in [0, 0.1) is 0 Å². The monoisotopic (exact) mass is 1650 g/mol. The highest BCUT2D eigenvalue weighted by molar-refractivity contribution is 6.10. The summed E-state index contributed by atoms with van der Waals surface area (Å²) in [6.07, 6.45) is 9.43. The Morgan fingerprint density at radius 3 is 1.87 bits per heavy atom. The third-order valence-electron chi connectivity index (χ3n) is 22.5. The zero-order chi connectivity index (χ0) is 86.5. The van der Waals surface area contributed by atoms with Crippen molar-refractivity contribution in [1.82, 2.24) is 24.1 Å². The standard InChI is InChI=1S/C19H17N3O3.C17H18N2.C17H17NO.C16H17N5O.C15H16N4O.C15H15N3O/c1-11-20-15-7-6-12(10-16(15)21-11)18(23)22-9-8-13-14(19(24)25-2)4-3-5-17(13)22;1-13-12-15-10-11-16(19-17(15)18-13)9-5-8-14-6-3-2-4-7-14;1-12-9-15-11-14(5-8-17(15)18-12)10-13-3-6-16(19-2)7-4-13;22-15-11-12-4-5-14(18-16(12)19-15)21-9-7-20(8-10-21)13-3-1-2-6-17-13;1-18-13-8-7-10(9-14(13)19(2)15(18)20)17-12-6-4-3-5-11(12)16;1-18-14-7-6-11(8-10(14)9-15(18)19)17-13-5-3-2-4-12(13)16/h3-7,10,20-21H,1,8-9H2,2H3;2-4,6-7,10-11H,1,5,8-9,12H2,(H,18,19);3-8,11,18H,1,9-10H2,2H3;1-6H,7-11H2,(H,18,19,22);3-9,17H,16H2,1-2H3;2-8,17H,9,16H2,1H3. The summed E-state index contributed by atoms with van der Waals surface area (Å²) in [6, 6.07) is 77.5. The number of nitrogen functional groups attached to an aromatic ring is 2. The van der Waals surface area contributed by atoms with Gasteiger partial charge in [-0.15, -0.1) is 0 Å². The van der Waals surface area contributed by atoms with Gasteiger partial charge in [-0.2, -0.15) is 0 Å². The molecule has 0 atom stereocenters. The van der Waals surface area contributed by atoms with E-state index in [2.05, 4.69) is 155 Å². The number of hydrogen-bond acceptors (Lipinski definition) is 20. The van der Waals surface area contributed by atoms with E-state index in [0.29, 0.717) is 54.1 Å². The van der Waals surface area contributed by atoms with Crippen LogP contribution in [0.1, 0.15) is 77.3 Å². The van der Waals surface area contributed by atoms with E-state index in [1.54, 1.807) is 65.4 Å².